The van der Waals surface area contributed by atoms with Gasteiger partial charge in [0, 0.05) is 52.1 Å². The standard InChI is InChI=1S/C28H27FN6O2/c1-17-11-18(8-10-30-17)26-23-12-19(5-7-24(23)32-33-26)27(36)31-22-3-2-9-28(37,14-22)16-35-15-20-4-6-21(29)13-25(20)34-35/h4-8,10-13,15,22,37H,2-3,9,14,16H2,1H3,(H,31,36)(H,32,33)/t22-,28-/m0/s1. The van der Waals surface area contributed by atoms with Crippen molar-refractivity contribution in [3.05, 3.63) is 78.0 Å². The molecule has 188 valence electrons. The Balaban J connectivity index is 1.18. The first-order valence-corrected chi connectivity index (χ1v) is 12.4. The van der Waals surface area contributed by atoms with Crippen molar-refractivity contribution in [1.29, 1.82) is 0 Å². The van der Waals surface area contributed by atoms with Crippen molar-refractivity contribution >= 4 is 27.7 Å². The number of halogens is 1. The molecule has 5 aromatic rings. The minimum absolute atomic E-state index is 0.170. The number of aliphatic hydroxyl groups is 1. The van der Waals surface area contributed by atoms with Gasteiger partial charge in [0.15, 0.2) is 0 Å². The highest BCUT2D eigenvalue weighted by atomic mass is 19.1. The number of aromatic amines is 1. The summed E-state index contributed by atoms with van der Waals surface area (Å²) in [4.78, 5) is 17.5. The Labute approximate surface area is 212 Å². The molecule has 0 saturated heterocycles. The lowest BCUT2D eigenvalue weighted by molar-refractivity contribution is -0.0235. The second-order valence-corrected chi connectivity index (χ2v) is 10.0. The molecule has 1 aliphatic rings. The van der Waals surface area contributed by atoms with E-state index >= 15 is 0 Å². The maximum Gasteiger partial charge on any atom is 0.251 e. The highest BCUT2D eigenvalue weighted by Crippen LogP contribution is 2.31. The van der Waals surface area contributed by atoms with Crippen molar-refractivity contribution in [3.8, 4) is 11.3 Å². The molecule has 1 saturated carbocycles. The predicted molar refractivity (Wildman–Crippen MR) is 138 cm³/mol. The van der Waals surface area contributed by atoms with Crippen LogP contribution in [0.5, 0.6) is 0 Å². The number of H-pyrrole nitrogens is 1. The Morgan fingerprint density at radius 3 is 3.00 bits per heavy atom. The van der Waals surface area contributed by atoms with Crippen LogP contribution in [0.4, 0.5) is 4.39 Å². The number of aryl methyl sites for hydroxylation is 1. The van der Waals surface area contributed by atoms with Crippen LogP contribution in [0.3, 0.4) is 0 Å². The van der Waals surface area contributed by atoms with Gasteiger partial charge < -0.3 is 10.4 Å². The van der Waals surface area contributed by atoms with E-state index in [1.807, 2.05) is 37.4 Å². The van der Waals surface area contributed by atoms with Crippen LogP contribution in [0.2, 0.25) is 0 Å². The lowest BCUT2D eigenvalue weighted by atomic mass is 9.81. The van der Waals surface area contributed by atoms with Gasteiger partial charge in [-0.1, -0.05) is 0 Å². The van der Waals surface area contributed by atoms with Crippen LogP contribution in [0.1, 0.15) is 41.7 Å². The largest absolute Gasteiger partial charge is 0.388 e. The van der Waals surface area contributed by atoms with Crippen molar-refractivity contribution < 1.29 is 14.3 Å². The zero-order valence-corrected chi connectivity index (χ0v) is 20.4. The number of pyridine rings is 1. The molecule has 3 aromatic heterocycles. The fourth-order valence-corrected chi connectivity index (χ4v) is 5.37. The van der Waals surface area contributed by atoms with Gasteiger partial charge in [0.2, 0.25) is 0 Å². The third-order valence-corrected chi connectivity index (χ3v) is 7.12. The minimum Gasteiger partial charge on any atom is -0.388 e. The minimum atomic E-state index is -1.02. The zero-order chi connectivity index (χ0) is 25.6. The number of benzene rings is 2. The van der Waals surface area contributed by atoms with Crippen LogP contribution >= 0.6 is 0 Å². The van der Waals surface area contributed by atoms with Crippen molar-refractivity contribution in [2.24, 2.45) is 0 Å². The molecule has 2 atom stereocenters. The van der Waals surface area contributed by atoms with E-state index in [9.17, 15) is 14.3 Å². The second-order valence-electron chi connectivity index (χ2n) is 10.0. The molecular weight excluding hydrogens is 471 g/mol. The van der Waals surface area contributed by atoms with E-state index in [0.717, 1.165) is 46.1 Å². The molecule has 3 heterocycles. The molecule has 0 unspecified atom stereocenters. The van der Waals surface area contributed by atoms with Crippen LogP contribution in [0.25, 0.3) is 33.1 Å². The first-order chi connectivity index (χ1) is 17.8. The monoisotopic (exact) mass is 498 g/mol. The topological polar surface area (TPSA) is 109 Å². The molecule has 0 aliphatic heterocycles. The average molecular weight is 499 g/mol. The van der Waals surface area contributed by atoms with Gasteiger partial charge in [-0.05, 0) is 75.1 Å². The van der Waals surface area contributed by atoms with E-state index in [-0.39, 0.29) is 24.3 Å². The van der Waals surface area contributed by atoms with Gasteiger partial charge in [-0.2, -0.15) is 10.2 Å². The fourth-order valence-electron chi connectivity index (χ4n) is 5.37. The molecule has 3 N–H and O–H groups in total. The molecule has 37 heavy (non-hydrogen) atoms. The Morgan fingerprint density at radius 2 is 2.14 bits per heavy atom. The Hall–Kier alpha value is -4.11. The summed E-state index contributed by atoms with van der Waals surface area (Å²) in [6.07, 6.45) is 6.16. The van der Waals surface area contributed by atoms with Gasteiger partial charge in [-0.15, -0.1) is 0 Å². The highest BCUT2D eigenvalue weighted by Gasteiger charge is 2.36. The van der Waals surface area contributed by atoms with Crippen LogP contribution in [0.15, 0.2) is 60.9 Å². The summed E-state index contributed by atoms with van der Waals surface area (Å²) in [5.74, 6) is -0.525. The van der Waals surface area contributed by atoms with Crippen LogP contribution in [-0.2, 0) is 6.54 Å². The summed E-state index contributed by atoms with van der Waals surface area (Å²) in [5, 5.41) is 28.1. The Morgan fingerprint density at radius 1 is 1.24 bits per heavy atom. The summed E-state index contributed by atoms with van der Waals surface area (Å²) < 4.78 is 15.2. The van der Waals surface area contributed by atoms with Crippen molar-refractivity contribution in [3.63, 3.8) is 0 Å². The first-order valence-electron chi connectivity index (χ1n) is 12.4. The van der Waals surface area contributed by atoms with Crippen LogP contribution < -0.4 is 5.32 Å². The van der Waals surface area contributed by atoms with Gasteiger partial charge in [0.1, 0.15) is 11.5 Å². The van der Waals surface area contributed by atoms with Gasteiger partial charge >= 0.3 is 0 Å². The van der Waals surface area contributed by atoms with Crippen molar-refractivity contribution in [2.75, 3.05) is 0 Å². The lowest BCUT2D eigenvalue weighted by Gasteiger charge is -2.37. The number of carbonyl (C=O) groups excluding carboxylic acids is 1. The van der Waals surface area contributed by atoms with Crippen molar-refractivity contribution in [2.45, 2.75) is 50.8 Å². The van der Waals surface area contributed by atoms with Gasteiger partial charge in [-0.3, -0.25) is 19.6 Å². The number of nitrogens with one attached hydrogen (secondary N) is 2. The summed E-state index contributed by atoms with van der Waals surface area (Å²) in [6.45, 7) is 2.21. The van der Waals surface area contributed by atoms with Crippen LogP contribution in [0, 0.1) is 12.7 Å². The number of fused-ring (bicyclic) bond motifs is 2. The molecule has 8 nitrogen and oxygen atoms in total. The van der Waals surface area contributed by atoms with Crippen LogP contribution in [-0.4, -0.2) is 47.6 Å². The summed E-state index contributed by atoms with van der Waals surface area (Å²) in [7, 11) is 0. The molecule has 0 spiro atoms. The molecule has 0 radical (unpaired) electrons. The molecule has 2 aromatic carbocycles. The van der Waals surface area contributed by atoms with E-state index in [1.54, 1.807) is 23.0 Å². The van der Waals surface area contributed by atoms with Crippen molar-refractivity contribution in [1.82, 2.24) is 30.3 Å². The quantitative estimate of drug-likeness (QED) is 0.330. The molecule has 1 fully saturated rings. The van der Waals surface area contributed by atoms with E-state index < -0.39 is 5.60 Å². The number of hydrogen-bond donors (Lipinski definition) is 3. The number of amides is 1. The van der Waals surface area contributed by atoms with E-state index in [0.29, 0.717) is 23.9 Å². The smallest absolute Gasteiger partial charge is 0.251 e. The highest BCUT2D eigenvalue weighted by molar-refractivity contribution is 6.01. The van der Waals surface area contributed by atoms with E-state index in [4.69, 9.17) is 0 Å². The van der Waals surface area contributed by atoms with Gasteiger partial charge in [-0.25, -0.2) is 4.39 Å². The average Bonchev–Trinajstić information content (AvgIpc) is 3.46. The third kappa shape index (κ3) is 4.70. The number of nitrogens with zero attached hydrogens (tertiary/aromatic N) is 4. The second kappa shape index (κ2) is 9.08. The predicted octanol–water partition coefficient (Wildman–Crippen LogP) is 4.53. The zero-order valence-electron chi connectivity index (χ0n) is 20.4. The SMILES string of the molecule is Cc1cc(-c2n[nH]c3ccc(C(=O)N[C@H]4CCC[C@@](O)(Cn5cc6ccc(F)cc6n5)C4)cc23)ccn1. The summed E-state index contributed by atoms with van der Waals surface area (Å²) in [6, 6.07) is 13.6. The summed E-state index contributed by atoms with van der Waals surface area (Å²) in [5.41, 5.74) is 3.52. The van der Waals surface area contributed by atoms with Gasteiger partial charge in [0.05, 0.1) is 23.2 Å². The number of rotatable bonds is 5. The first kappa shape index (κ1) is 23.3. The molecule has 9 heteroatoms. The Kier molecular flexibility index (Phi) is 5.72. The molecule has 6 rings (SSSR count). The molecule has 1 aliphatic carbocycles. The maximum atomic E-state index is 13.5. The molecule has 0 bridgehead atoms. The normalized spacial score (nSPS) is 19.9. The Bertz CT molecular complexity index is 1630. The lowest BCUT2D eigenvalue weighted by Crippen LogP contribution is -2.47. The van der Waals surface area contributed by atoms with E-state index in [1.165, 1.54) is 12.1 Å². The molecule has 1 amide bonds. The molecular formula is C28H27FN6O2. The number of aromatic nitrogens is 5. The fraction of sp³-hybridized carbons (Fsp3) is 0.286. The third-order valence-electron chi connectivity index (χ3n) is 7.12. The number of hydrogen-bond acceptors (Lipinski definition) is 5. The number of carbonyl (C=O) groups is 1. The summed E-state index contributed by atoms with van der Waals surface area (Å²) >= 11 is 0. The maximum absolute atomic E-state index is 13.5. The van der Waals surface area contributed by atoms with E-state index in [2.05, 4.69) is 25.6 Å². The van der Waals surface area contributed by atoms with Gasteiger partial charge in [0.25, 0.3) is 5.91 Å².